The Morgan fingerprint density at radius 3 is 2.71 bits per heavy atom. The number of amides is 1. The monoisotopic (exact) mass is 292 g/mol. The maximum atomic E-state index is 13.8. The average molecular weight is 292 g/mol. The molecule has 1 fully saturated rings. The Kier molecular flexibility index (Phi) is 5.74. The van der Waals surface area contributed by atoms with Gasteiger partial charge in [-0.25, -0.2) is 4.39 Å². The fraction of sp³-hybridized carbons (Fsp3) is 0.588. The third kappa shape index (κ3) is 4.27. The normalized spacial score (nSPS) is 17.5. The number of benzene rings is 1. The zero-order valence-corrected chi connectivity index (χ0v) is 12.9. The van der Waals surface area contributed by atoms with Crippen LogP contribution in [0.15, 0.2) is 24.3 Å². The van der Waals surface area contributed by atoms with E-state index in [1.165, 1.54) is 6.07 Å². The molecule has 4 heteroatoms. The van der Waals surface area contributed by atoms with Crippen molar-refractivity contribution in [3.8, 4) is 0 Å². The first-order chi connectivity index (χ1) is 10.1. The van der Waals surface area contributed by atoms with Crippen molar-refractivity contribution >= 4 is 5.91 Å². The average Bonchev–Trinajstić information content (AvgIpc) is 2.52. The van der Waals surface area contributed by atoms with Gasteiger partial charge < -0.3 is 10.2 Å². The summed E-state index contributed by atoms with van der Waals surface area (Å²) >= 11 is 0. The van der Waals surface area contributed by atoms with E-state index in [9.17, 15) is 9.18 Å². The Morgan fingerprint density at radius 1 is 1.38 bits per heavy atom. The number of hydrogen-bond acceptors (Lipinski definition) is 2. The Bertz CT molecular complexity index is 472. The van der Waals surface area contributed by atoms with Crippen molar-refractivity contribution in [3.05, 3.63) is 35.6 Å². The van der Waals surface area contributed by atoms with Gasteiger partial charge in [-0.15, -0.1) is 0 Å². The van der Waals surface area contributed by atoms with Crippen LogP contribution >= 0.6 is 0 Å². The summed E-state index contributed by atoms with van der Waals surface area (Å²) in [6.07, 6.45) is 3.80. The van der Waals surface area contributed by atoms with Gasteiger partial charge in [0.1, 0.15) is 5.82 Å². The lowest BCUT2D eigenvalue weighted by molar-refractivity contribution is -0.132. The molecule has 1 aromatic rings. The van der Waals surface area contributed by atoms with Gasteiger partial charge in [-0.2, -0.15) is 0 Å². The van der Waals surface area contributed by atoms with Crippen molar-refractivity contribution in [2.45, 2.75) is 38.6 Å². The molecule has 1 aliphatic rings. The van der Waals surface area contributed by atoms with Crippen LogP contribution in [-0.2, 0) is 4.79 Å². The molecule has 0 saturated carbocycles. The molecule has 0 aliphatic carbocycles. The van der Waals surface area contributed by atoms with E-state index in [1.54, 1.807) is 24.1 Å². The second kappa shape index (κ2) is 7.55. The SMILES string of the molecule is CC(c1ccccc1F)N(C)C(=O)CCC1CCNCC1. The van der Waals surface area contributed by atoms with Crippen LogP contribution in [0.2, 0.25) is 0 Å². The number of piperidine rings is 1. The van der Waals surface area contributed by atoms with Gasteiger partial charge in [-0.1, -0.05) is 18.2 Å². The van der Waals surface area contributed by atoms with Crippen LogP contribution in [0.25, 0.3) is 0 Å². The van der Waals surface area contributed by atoms with Gasteiger partial charge in [0, 0.05) is 19.0 Å². The molecule has 0 bridgehead atoms. The third-order valence-electron chi connectivity index (χ3n) is 4.55. The van der Waals surface area contributed by atoms with Crippen LogP contribution in [0.5, 0.6) is 0 Å². The molecule has 1 N–H and O–H groups in total. The van der Waals surface area contributed by atoms with E-state index in [4.69, 9.17) is 0 Å². The molecular formula is C17H25FN2O. The van der Waals surface area contributed by atoms with Crippen molar-refractivity contribution in [2.75, 3.05) is 20.1 Å². The minimum absolute atomic E-state index is 0.101. The molecule has 1 aliphatic heterocycles. The fourth-order valence-electron chi connectivity index (χ4n) is 2.91. The van der Waals surface area contributed by atoms with Crippen molar-refractivity contribution in [1.82, 2.24) is 10.2 Å². The van der Waals surface area contributed by atoms with Crippen LogP contribution < -0.4 is 5.32 Å². The van der Waals surface area contributed by atoms with Crippen molar-refractivity contribution < 1.29 is 9.18 Å². The summed E-state index contributed by atoms with van der Waals surface area (Å²) in [7, 11) is 1.77. The van der Waals surface area contributed by atoms with Crippen LogP contribution in [0, 0.1) is 11.7 Å². The molecule has 2 rings (SSSR count). The van der Waals surface area contributed by atoms with E-state index in [0.29, 0.717) is 17.9 Å². The molecule has 1 atom stereocenters. The van der Waals surface area contributed by atoms with Gasteiger partial charge in [0.05, 0.1) is 6.04 Å². The molecule has 3 nitrogen and oxygen atoms in total. The predicted molar refractivity (Wildman–Crippen MR) is 82.4 cm³/mol. The summed E-state index contributed by atoms with van der Waals surface area (Å²) in [5, 5.41) is 3.33. The highest BCUT2D eigenvalue weighted by atomic mass is 19.1. The quantitative estimate of drug-likeness (QED) is 0.904. The first-order valence-electron chi connectivity index (χ1n) is 7.80. The van der Waals surface area contributed by atoms with Crippen molar-refractivity contribution in [1.29, 1.82) is 0 Å². The Labute approximate surface area is 126 Å². The number of hydrogen-bond donors (Lipinski definition) is 1. The topological polar surface area (TPSA) is 32.3 Å². The van der Waals surface area contributed by atoms with Crippen LogP contribution in [0.4, 0.5) is 4.39 Å². The number of carbonyl (C=O) groups is 1. The van der Waals surface area contributed by atoms with E-state index in [-0.39, 0.29) is 17.8 Å². The zero-order valence-electron chi connectivity index (χ0n) is 12.9. The van der Waals surface area contributed by atoms with Crippen LogP contribution in [-0.4, -0.2) is 30.9 Å². The molecule has 1 unspecified atom stereocenters. The summed E-state index contributed by atoms with van der Waals surface area (Å²) in [5.74, 6) is 0.500. The fourth-order valence-corrected chi connectivity index (χ4v) is 2.91. The van der Waals surface area contributed by atoms with Gasteiger partial charge >= 0.3 is 0 Å². The maximum absolute atomic E-state index is 13.8. The Balaban J connectivity index is 1.88. The second-order valence-corrected chi connectivity index (χ2v) is 5.93. The summed E-state index contributed by atoms with van der Waals surface area (Å²) < 4.78 is 13.8. The molecule has 1 saturated heterocycles. The highest BCUT2D eigenvalue weighted by Crippen LogP contribution is 2.24. The number of rotatable bonds is 5. The van der Waals surface area contributed by atoms with E-state index in [0.717, 1.165) is 32.4 Å². The summed E-state index contributed by atoms with van der Waals surface area (Å²) in [5.41, 5.74) is 0.579. The molecule has 1 amide bonds. The summed E-state index contributed by atoms with van der Waals surface area (Å²) in [4.78, 5) is 14.0. The minimum Gasteiger partial charge on any atom is -0.339 e. The molecule has 0 aromatic heterocycles. The molecule has 0 spiro atoms. The lowest BCUT2D eigenvalue weighted by atomic mass is 9.93. The van der Waals surface area contributed by atoms with E-state index < -0.39 is 0 Å². The summed E-state index contributed by atoms with van der Waals surface area (Å²) in [6.45, 7) is 3.99. The molecule has 0 radical (unpaired) electrons. The first-order valence-corrected chi connectivity index (χ1v) is 7.80. The Hall–Kier alpha value is -1.42. The van der Waals surface area contributed by atoms with E-state index in [2.05, 4.69) is 5.32 Å². The first kappa shape index (κ1) is 16.0. The second-order valence-electron chi connectivity index (χ2n) is 5.93. The highest BCUT2D eigenvalue weighted by molar-refractivity contribution is 5.76. The smallest absolute Gasteiger partial charge is 0.222 e. The number of nitrogens with one attached hydrogen (secondary N) is 1. The third-order valence-corrected chi connectivity index (χ3v) is 4.55. The van der Waals surface area contributed by atoms with Crippen molar-refractivity contribution in [3.63, 3.8) is 0 Å². The van der Waals surface area contributed by atoms with Crippen LogP contribution in [0.1, 0.15) is 44.2 Å². The van der Waals surface area contributed by atoms with Gasteiger partial charge in [0.15, 0.2) is 0 Å². The summed E-state index contributed by atoms with van der Waals surface area (Å²) in [6, 6.07) is 6.44. The lowest BCUT2D eigenvalue weighted by Crippen LogP contribution is -2.32. The highest BCUT2D eigenvalue weighted by Gasteiger charge is 2.21. The van der Waals surface area contributed by atoms with Crippen LogP contribution in [0.3, 0.4) is 0 Å². The number of halogens is 1. The largest absolute Gasteiger partial charge is 0.339 e. The minimum atomic E-state index is -0.247. The molecular weight excluding hydrogens is 267 g/mol. The Morgan fingerprint density at radius 2 is 2.05 bits per heavy atom. The molecule has 21 heavy (non-hydrogen) atoms. The van der Waals surface area contributed by atoms with Gasteiger partial charge in [-0.3, -0.25) is 4.79 Å². The predicted octanol–water partition coefficient (Wildman–Crippen LogP) is 3.12. The maximum Gasteiger partial charge on any atom is 0.222 e. The van der Waals surface area contributed by atoms with E-state index >= 15 is 0 Å². The number of carbonyl (C=O) groups excluding carboxylic acids is 1. The zero-order chi connectivity index (χ0) is 15.2. The molecule has 1 aromatic carbocycles. The standard InChI is InChI=1S/C17H25FN2O/c1-13(15-5-3-4-6-16(15)18)20(2)17(21)8-7-14-9-11-19-12-10-14/h3-6,13-14,19H,7-12H2,1-2H3. The lowest BCUT2D eigenvalue weighted by Gasteiger charge is -2.27. The van der Waals surface area contributed by atoms with Gasteiger partial charge in [0.2, 0.25) is 5.91 Å². The molecule has 1 heterocycles. The van der Waals surface area contributed by atoms with E-state index in [1.807, 2.05) is 13.0 Å². The molecule has 116 valence electrons. The van der Waals surface area contributed by atoms with Gasteiger partial charge in [0.25, 0.3) is 0 Å². The number of nitrogens with zero attached hydrogens (tertiary/aromatic N) is 1. The van der Waals surface area contributed by atoms with Gasteiger partial charge in [-0.05, 0) is 51.3 Å². The van der Waals surface area contributed by atoms with Crippen molar-refractivity contribution in [2.24, 2.45) is 5.92 Å².